The second-order valence-electron chi connectivity index (χ2n) is 8.84. The van der Waals surface area contributed by atoms with Crippen LogP contribution in [-0.2, 0) is 18.4 Å². The third kappa shape index (κ3) is 3.56. The summed E-state index contributed by atoms with van der Waals surface area (Å²) in [5.41, 5.74) is 4.18. The van der Waals surface area contributed by atoms with Gasteiger partial charge in [0.2, 0.25) is 0 Å². The number of rotatable bonds is 6. The zero-order valence-electron chi connectivity index (χ0n) is 17.4. The smallest absolute Gasteiger partial charge is 0.133 e. The summed E-state index contributed by atoms with van der Waals surface area (Å²) in [4.78, 5) is 11.7. The van der Waals surface area contributed by atoms with Gasteiger partial charge in [-0.25, -0.2) is 0 Å². The van der Waals surface area contributed by atoms with Crippen LogP contribution in [0, 0.1) is 18.8 Å². The van der Waals surface area contributed by atoms with E-state index in [0.29, 0.717) is 24.5 Å². The lowest BCUT2D eigenvalue weighted by Gasteiger charge is -2.21. The maximum atomic E-state index is 11.7. The number of aromatic nitrogens is 4. The van der Waals surface area contributed by atoms with E-state index in [0.717, 1.165) is 52.4 Å². The summed E-state index contributed by atoms with van der Waals surface area (Å²) in [6.07, 6.45) is 8.91. The molecule has 29 heavy (non-hydrogen) atoms. The molecular formula is C23H28N4O2. The van der Waals surface area contributed by atoms with Crippen LogP contribution >= 0.6 is 0 Å². The topological polar surface area (TPSA) is 61.9 Å². The van der Waals surface area contributed by atoms with Gasteiger partial charge in [0.05, 0.1) is 23.2 Å². The number of ether oxygens (including phenoxy) is 1. The Morgan fingerprint density at radius 2 is 2.07 bits per heavy atom. The first-order chi connectivity index (χ1) is 14.0. The largest absolute Gasteiger partial charge is 0.490 e. The van der Waals surface area contributed by atoms with E-state index in [1.54, 1.807) is 0 Å². The molecule has 2 aliphatic carbocycles. The van der Waals surface area contributed by atoms with E-state index in [9.17, 15) is 4.79 Å². The lowest BCUT2D eigenvalue weighted by molar-refractivity contribution is -0.117. The number of carbonyl (C=O) groups excluding carboxylic acids is 1. The summed E-state index contributed by atoms with van der Waals surface area (Å²) < 4.78 is 10.4. The number of Topliss-reactive ketones (excluding diaryl/α,β-unsaturated/α-hetero) is 1. The molecule has 2 atom stereocenters. The first-order valence-corrected chi connectivity index (χ1v) is 10.7. The molecule has 2 saturated carbocycles. The first-order valence-electron chi connectivity index (χ1n) is 10.7. The molecule has 2 fully saturated rings. The van der Waals surface area contributed by atoms with Crippen LogP contribution in [0.15, 0.2) is 24.5 Å². The van der Waals surface area contributed by atoms with Gasteiger partial charge in [-0.15, -0.1) is 0 Å². The van der Waals surface area contributed by atoms with Gasteiger partial charge in [-0.05, 0) is 56.7 Å². The SMILES string of the molecule is Cc1c2c(O[C@H](C)[C@H]3CCC(=O)C3)cc(-c3cnn(CC4CC4)c3)cc2nn1C. The van der Waals surface area contributed by atoms with Gasteiger partial charge >= 0.3 is 0 Å². The van der Waals surface area contributed by atoms with Gasteiger partial charge in [0, 0.05) is 49.8 Å². The van der Waals surface area contributed by atoms with Gasteiger partial charge in [-0.3, -0.25) is 14.2 Å². The molecule has 0 radical (unpaired) electrons. The molecule has 2 aliphatic rings. The molecule has 2 aromatic heterocycles. The summed E-state index contributed by atoms with van der Waals surface area (Å²) >= 11 is 0. The number of fused-ring (bicyclic) bond motifs is 1. The predicted octanol–water partition coefficient (Wildman–Crippen LogP) is 4.29. The Labute approximate surface area is 170 Å². The molecule has 1 aromatic carbocycles. The first kappa shape index (κ1) is 18.4. The number of nitrogens with zero attached hydrogens (tertiary/aromatic N) is 4. The second kappa shape index (κ2) is 7.01. The van der Waals surface area contributed by atoms with Crippen LogP contribution in [0.4, 0.5) is 0 Å². The molecule has 3 aromatic rings. The van der Waals surface area contributed by atoms with E-state index in [2.05, 4.69) is 37.3 Å². The summed E-state index contributed by atoms with van der Waals surface area (Å²) in [7, 11) is 1.96. The number of hydrogen-bond acceptors (Lipinski definition) is 4. The molecule has 6 heteroatoms. The average Bonchev–Trinajstić information content (AvgIpc) is 3.07. The molecule has 0 spiro atoms. The Hall–Kier alpha value is -2.63. The summed E-state index contributed by atoms with van der Waals surface area (Å²) in [5, 5.41) is 10.3. The Balaban J connectivity index is 1.50. The normalized spacial score (nSPS) is 20.5. The van der Waals surface area contributed by atoms with E-state index in [1.165, 1.54) is 12.8 Å². The molecule has 2 heterocycles. The lowest BCUT2D eigenvalue weighted by atomic mass is 10.0. The predicted molar refractivity (Wildman–Crippen MR) is 112 cm³/mol. The van der Waals surface area contributed by atoms with Gasteiger partial charge in [0.15, 0.2) is 0 Å². The van der Waals surface area contributed by atoms with Crippen LogP contribution in [0.1, 0.15) is 44.7 Å². The highest BCUT2D eigenvalue weighted by atomic mass is 16.5. The van der Waals surface area contributed by atoms with Crippen molar-refractivity contribution < 1.29 is 9.53 Å². The summed E-state index contributed by atoms with van der Waals surface area (Å²) in [5.74, 6) is 2.28. The maximum absolute atomic E-state index is 11.7. The fraction of sp³-hybridized carbons (Fsp3) is 0.522. The highest BCUT2D eigenvalue weighted by Crippen LogP contribution is 2.37. The molecular weight excluding hydrogens is 364 g/mol. The zero-order valence-corrected chi connectivity index (χ0v) is 17.4. The standard InChI is InChI=1S/C23H28N4O2/c1-14-23-21(25-26(14)3)9-18(19-11-24-27(13-19)12-16-4-5-16)10-22(23)29-15(2)17-6-7-20(28)8-17/h9-11,13,15-17H,4-8,12H2,1-3H3/t15-,17+/m1/s1. The highest BCUT2D eigenvalue weighted by molar-refractivity contribution is 5.92. The zero-order chi connectivity index (χ0) is 20.1. The second-order valence-corrected chi connectivity index (χ2v) is 8.84. The van der Waals surface area contributed by atoms with Crippen LogP contribution in [0.3, 0.4) is 0 Å². The van der Waals surface area contributed by atoms with Crippen LogP contribution in [0.5, 0.6) is 5.75 Å². The van der Waals surface area contributed by atoms with Crippen LogP contribution in [0.2, 0.25) is 0 Å². The van der Waals surface area contributed by atoms with E-state index in [4.69, 9.17) is 9.84 Å². The van der Waals surface area contributed by atoms with Crippen LogP contribution in [-0.4, -0.2) is 31.4 Å². The maximum Gasteiger partial charge on any atom is 0.133 e. The molecule has 0 bridgehead atoms. The van der Waals surface area contributed by atoms with Crippen molar-refractivity contribution in [3.8, 4) is 16.9 Å². The molecule has 152 valence electrons. The Morgan fingerprint density at radius 1 is 1.24 bits per heavy atom. The Bertz CT molecular complexity index is 1080. The van der Waals surface area contributed by atoms with Crippen molar-refractivity contribution in [1.82, 2.24) is 19.6 Å². The van der Waals surface area contributed by atoms with Crippen molar-refractivity contribution >= 4 is 16.7 Å². The lowest BCUT2D eigenvalue weighted by Crippen LogP contribution is -2.22. The fourth-order valence-corrected chi connectivity index (χ4v) is 4.42. The Kier molecular flexibility index (Phi) is 4.45. The van der Waals surface area contributed by atoms with Crippen molar-refractivity contribution in [3.63, 3.8) is 0 Å². The average molecular weight is 393 g/mol. The molecule has 6 nitrogen and oxygen atoms in total. The third-order valence-corrected chi connectivity index (χ3v) is 6.56. The highest BCUT2D eigenvalue weighted by Gasteiger charge is 2.29. The van der Waals surface area contributed by atoms with E-state index < -0.39 is 0 Å². The number of hydrogen-bond donors (Lipinski definition) is 0. The van der Waals surface area contributed by atoms with E-state index in [-0.39, 0.29) is 6.10 Å². The molecule has 0 amide bonds. The summed E-state index contributed by atoms with van der Waals surface area (Å²) in [6, 6.07) is 4.24. The van der Waals surface area contributed by atoms with Crippen molar-refractivity contribution in [2.75, 3.05) is 0 Å². The van der Waals surface area contributed by atoms with E-state index >= 15 is 0 Å². The van der Waals surface area contributed by atoms with Crippen molar-refractivity contribution in [2.45, 2.75) is 58.6 Å². The minimum absolute atomic E-state index is 0.00269. The molecule has 5 rings (SSSR count). The monoisotopic (exact) mass is 392 g/mol. The number of carbonyl (C=O) groups is 1. The van der Waals surface area contributed by atoms with Crippen LogP contribution < -0.4 is 4.74 Å². The number of ketones is 1. The van der Waals surface area contributed by atoms with Crippen molar-refractivity contribution in [3.05, 3.63) is 30.2 Å². The molecule has 0 saturated heterocycles. The van der Waals surface area contributed by atoms with E-state index in [1.807, 2.05) is 22.6 Å². The number of aryl methyl sites for hydroxylation is 2. The number of benzene rings is 1. The molecule has 0 aliphatic heterocycles. The molecule has 0 N–H and O–H groups in total. The molecule has 0 unspecified atom stereocenters. The van der Waals surface area contributed by atoms with Crippen LogP contribution in [0.25, 0.3) is 22.0 Å². The van der Waals surface area contributed by atoms with Gasteiger partial charge < -0.3 is 4.74 Å². The van der Waals surface area contributed by atoms with Gasteiger partial charge in [-0.2, -0.15) is 10.2 Å². The van der Waals surface area contributed by atoms with Gasteiger partial charge in [-0.1, -0.05) is 0 Å². The van der Waals surface area contributed by atoms with Gasteiger partial charge in [0.25, 0.3) is 0 Å². The minimum Gasteiger partial charge on any atom is -0.490 e. The van der Waals surface area contributed by atoms with Crippen molar-refractivity contribution in [1.29, 1.82) is 0 Å². The minimum atomic E-state index is -0.00269. The Morgan fingerprint density at radius 3 is 2.79 bits per heavy atom. The van der Waals surface area contributed by atoms with Gasteiger partial charge in [0.1, 0.15) is 11.5 Å². The quantitative estimate of drug-likeness (QED) is 0.628. The van der Waals surface area contributed by atoms with Crippen molar-refractivity contribution in [2.24, 2.45) is 18.9 Å². The fourth-order valence-electron chi connectivity index (χ4n) is 4.42. The third-order valence-electron chi connectivity index (χ3n) is 6.56. The summed E-state index contributed by atoms with van der Waals surface area (Å²) in [6.45, 7) is 5.15.